The van der Waals surface area contributed by atoms with E-state index in [-0.39, 0.29) is 10.9 Å². The van der Waals surface area contributed by atoms with Gasteiger partial charge >= 0.3 is 5.69 Å². The Labute approximate surface area is 123 Å². The summed E-state index contributed by atoms with van der Waals surface area (Å²) in [6.07, 6.45) is 4.68. The number of aromatic hydroxyl groups is 1. The second kappa shape index (κ2) is 5.98. The van der Waals surface area contributed by atoms with Crippen molar-refractivity contribution in [1.82, 2.24) is 4.31 Å². The van der Waals surface area contributed by atoms with Gasteiger partial charge in [-0.2, -0.15) is 4.31 Å². The van der Waals surface area contributed by atoms with Gasteiger partial charge in [0.2, 0.25) is 10.0 Å². The zero-order valence-corrected chi connectivity index (χ0v) is 12.5. The van der Waals surface area contributed by atoms with Crippen molar-refractivity contribution in [2.45, 2.75) is 43.0 Å². The smallest absolute Gasteiger partial charge is 0.312 e. The van der Waals surface area contributed by atoms with Crippen LogP contribution in [-0.4, -0.2) is 35.8 Å². The average molecular weight is 314 g/mol. The Morgan fingerprint density at radius 3 is 2.48 bits per heavy atom. The minimum Gasteiger partial charge on any atom is -0.502 e. The first-order valence-electron chi connectivity index (χ1n) is 6.79. The largest absolute Gasteiger partial charge is 0.502 e. The van der Waals surface area contributed by atoms with Crippen LogP contribution in [-0.2, 0) is 10.0 Å². The first-order chi connectivity index (χ1) is 9.84. The van der Waals surface area contributed by atoms with Crippen LogP contribution >= 0.6 is 0 Å². The first-order valence-corrected chi connectivity index (χ1v) is 8.23. The molecule has 8 heteroatoms. The average Bonchev–Trinajstić information content (AvgIpc) is 2.47. The summed E-state index contributed by atoms with van der Waals surface area (Å²) in [7, 11) is -2.29. The third kappa shape index (κ3) is 3.16. The predicted molar refractivity (Wildman–Crippen MR) is 76.6 cm³/mol. The second-order valence-corrected chi connectivity index (χ2v) is 7.22. The highest BCUT2D eigenvalue weighted by Gasteiger charge is 2.30. The van der Waals surface area contributed by atoms with Crippen molar-refractivity contribution >= 4 is 15.7 Å². The molecule has 1 saturated carbocycles. The van der Waals surface area contributed by atoms with Crippen LogP contribution < -0.4 is 0 Å². The van der Waals surface area contributed by atoms with E-state index in [9.17, 15) is 23.6 Å². The van der Waals surface area contributed by atoms with Crippen LogP contribution in [0.3, 0.4) is 0 Å². The SMILES string of the molecule is CN(C1CCCCC1)S(=O)(=O)c1ccc(O)c([N+](=O)[O-])c1. The molecule has 1 fully saturated rings. The highest BCUT2D eigenvalue weighted by molar-refractivity contribution is 7.89. The molecule has 0 atom stereocenters. The van der Waals surface area contributed by atoms with Gasteiger partial charge in [0, 0.05) is 19.2 Å². The summed E-state index contributed by atoms with van der Waals surface area (Å²) in [6.45, 7) is 0. The number of rotatable bonds is 4. The van der Waals surface area contributed by atoms with E-state index in [0.29, 0.717) is 0 Å². The third-order valence-corrected chi connectivity index (χ3v) is 5.82. The van der Waals surface area contributed by atoms with Gasteiger partial charge in [-0.3, -0.25) is 10.1 Å². The number of sulfonamides is 1. The standard InChI is InChI=1S/C13H18N2O5S/c1-14(10-5-3-2-4-6-10)21(19,20)11-7-8-13(16)12(9-11)15(17)18/h7-10,16H,2-6H2,1H3. The van der Waals surface area contributed by atoms with Gasteiger partial charge in [0.15, 0.2) is 5.75 Å². The molecule has 0 aromatic heterocycles. The summed E-state index contributed by atoms with van der Waals surface area (Å²) in [6, 6.07) is 3.07. The molecule has 1 aromatic rings. The zero-order valence-electron chi connectivity index (χ0n) is 11.7. The van der Waals surface area contributed by atoms with Crippen molar-refractivity contribution in [3.8, 4) is 5.75 Å². The molecule has 0 heterocycles. The number of phenolic OH excluding ortho intramolecular Hbond substituents is 1. The van der Waals surface area contributed by atoms with Crippen molar-refractivity contribution in [3.05, 3.63) is 28.3 Å². The van der Waals surface area contributed by atoms with Crippen molar-refractivity contribution in [3.63, 3.8) is 0 Å². The lowest BCUT2D eigenvalue weighted by atomic mass is 9.96. The number of hydrogen-bond donors (Lipinski definition) is 1. The van der Waals surface area contributed by atoms with Gasteiger partial charge < -0.3 is 5.11 Å². The van der Waals surface area contributed by atoms with E-state index in [2.05, 4.69) is 0 Å². The van der Waals surface area contributed by atoms with Crippen molar-refractivity contribution in [2.24, 2.45) is 0 Å². The molecule has 0 radical (unpaired) electrons. The van der Waals surface area contributed by atoms with Crippen molar-refractivity contribution in [2.75, 3.05) is 7.05 Å². The van der Waals surface area contributed by atoms with E-state index < -0.39 is 26.4 Å². The summed E-state index contributed by atoms with van der Waals surface area (Å²) in [5.41, 5.74) is -0.604. The summed E-state index contributed by atoms with van der Waals surface area (Å²) in [4.78, 5) is 9.85. The van der Waals surface area contributed by atoms with Gasteiger partial charge in [0.25, 0.3) is 0 Å². The normalized spacial score (nSPS) is 17.0. The predicted octanol–water partition coefficient (Wildman–Crippen LogP) is 2.25. The first kappa shape index (κ1) is 15.7. The molecule has 0 amide bonds. The Morgan fingerprint density at radius 2 is 1.90 bits per heavy atom. The molecule has 1 aromatic carbocycles. The van der Waals surface area contributed by atoms with Crippen molar-refractivity contribution < 1.29 is 18.4 Å². The Morgan fingerprint density at radius 1 is 1.29 bits per heavy atom. The molecular weight excluding hydrogens is 296 g/mol. The zero-order chi connectivity index (χ0) is 15.6. The van der Waals surface area contributed by atoms with E-state index in [0.717, 1.165) is 44.2 Å². The number of hydrogen-bond acceptors (Lipinski definition) is 5. The Kier molecular flexibility index (Phi) is 4.48. The number of nitro groups is 1. The summed E-state index contributed by atoms with van der Waals surface area (Å²) < 4.78 is 26.4. The highest BCUT2D eigenvalue weighted by atomic mass is 32.2. The fourth-order valence-electron chi connectivity index (χ4n) is 2.62. The number of nitrogens with zero attached hydrogens (tertiary/aromatic N) is 2. The molecule has 116 valence electrons. The van der Waals surface area contributed by atoms with Gasteiger partial charge in [0.05, 0.1) is 9.82 Å². The molecule has 1 aliphatic rings. The number of phenols is 1. The Hall–Kier alpha value is -1.67. The summed E-state index contributed by atoms with van der Waals surface area (Å²) in [5, 5.41) is 20.2. The molecule has 0 saturated heterocycles. The molecule has 0 bridgehead atoms. The number of nitro benzene ring substituents is 1. The Balaban J connectivity index is 2.34. The van der Waals surface area contributed by atoms with E-state index in [1.54, 1.807) is 0 Å². The minimum atomic E-state index is -3.79. The lowest BCUT2D eigenvalue weighted by molar-refractivity contribution is -0.386. The van der Waals surface area contributed by atoms with Crippen LogP contribution in [0.2, 0.25) is 0 Å². The summed E-state index contributed by atoms with van der Waals surface area (Å²) >= 11 is 0. The molecule has 0 spiro atoms. The van der Waals surface area contributed by atoms with Crippen LogP contribution in [0.4, 0.5) is 5.69 Å². The molecule has 7 nitrogen and oxygen atoms in total. The molecule has 0 unspecified atom stereocenters. The van der Waals surface area contributed by atoms with Gasteiger partial charge in [-0.25, -0.2) is 8.42 Å². The van der Waals surface area contributed by atoms with Crippen LogP contribution in [0.25, 0.3) is 0 Å². The lowest BCUT2D eigenvalue weighted by Gasteiger charge is -2.30. The van der Waals surface area contributed by atoms with Crippen LogP contribution in [0.5, 0.6) is 5.75 Å². The van der Waals surface area contributed by atoms with Gasteiger partial charge in [-0.1, -0.05) is 19.3 Å². The lowest BCUT2D eigenvalue weighted by Crippen LogP contribution is -2.38. The topological polar surface area (TPSA) is 101 Å². The fraction of sp³-hybridized carbons (Fsp3) is 0.538. The molecule has 1 N–H and O–H groups in total. The molecular formula is C13H18N2O5S. The molecule has 2 rings (SSSR count). The molecule has 0 aliphatic heterocycles. The van der Waals surface area contributed by atoms with E-state index in [1.165, 1.54) is 17.4 Å². The van der Waals surface area contributed by atoms with Crippen LogP contribution in [0, 0.1) is 10.1 Å². The quantitative estimate of drug-likeness (QED) is 0.678. The third-order valence-electron chi connectivity index (χ3n) is 3.91. The summed E-state index contributed by atoms with van der Waals surface area (Å²) in [5.74, 6) is -0.542. The highest BCUT2D eigenvalue weighted by Crippen LogP contribution is 2.31. The Bertz CT molecular complexity index is 638. The minimum absolute atomic E-state index is 0.0726. The fourth-order valence-corrected chi connectivity index (χ4v) is 4.05. The van der Waals surface area contributed by atoms with E-state index in [1.807, 2.05) is 0 Å². The van der Waals surface area contributed by atoms with Crippen LogP contribution in [0.1, 0.15) is 32.1 Å². The van der Waals surface area contributed by atoms with E-state index >= 15 is 0 Å². The van der Waals surface area contributed by atoms with Gasteiger partial charge in [-0.05, 0) is 25.0 Å². The number of benzene rings is 1. The second-order valence-electron chi connectivity index (χ2n) is 5.22. The van der Waals surface area contributed by atoms with Gasteiger partial charge in [-0.15, -0.1) is 0 Å². The maximum atomic E-state index is 12.5. The maximum Gasteiger partial charge on any atom is 0.312 e. The maximum absolute atomic E-state index is 12.5. The van der Waals surface area contributed by atoms with E-state index in [4.69, 9.17) is 0 Å². The van der Waals surface area contributed by atoms with Crippen LogP contribution in [0.15, 0.2) is 23.1 Å². The monoisotopic (exact) mass is 314 g/mol. The molecule has 1 aliphatic carbocycles. The van der Waals surface area contributed by atoms with Crippen molar-refractivity contribution in [1.29, 1.82) is 0 Å². The van der Waals surface area contributed by atoms with Gasteiger partial charge in [0.1, 0.15) is 0 Å². The molecule has 21 heavy (non-hydrogen) atoms.